The van der Waals surface area contributed by atoms with Crippen LogP contribution >= 0.6 is 11.6 Å². The van der Waals surface area contributed by atoms with Crippen LogP contribution in [0, 0.1) is 17.0 Å². The maximum Gasteiger partial charge on any atom is 0.270 e. The molecule has 0 saturated carbocycles. The third kappa shape index (κ3) is 3.63. The first-order chi connectivity index (χ1) is 14.4. The van der Waals surface area contributed by atoms with Crippen molar-refractivity contribution >= 4 is 40.0 Å². The summed E-state index contributed by atoms with van der Waals surface area (Å²) < 4.78 is 1.63. The highest BCUT2D eigenvalue weighted by Crippen LogP contribution is 2.25. The zero-order valence-electron chi connectivity index (χ0n) is 15.5. The predicted molar refractivity (Wildman–Crippen MR) is 111 cm³/mol. The minimum Gasteiger partial charge on any atom is -0.281 e. The number of nitrogens with zero attached hydrogens (tertiary/aromatic N) is 5. The Morgan fingerprint density at radius 2 is 2.03 bits per heavy atom. The number of non-ortho nitro benzene ring substituents is 1. The van der Waals surface area contributed by atoms with Crippen LogP contribution in [0.3, 0.4) is 0 Å². The van der Waals surface area contributed by atoms with Gasteiger partial charge in [0, 0.05) is 22.7 Å². The second kappa shape index (κ2) is 7.76. The van der Waals surface area contributed by atoms with Crippen LogP contribution in [0.1, 0.15) is 15.9 Å². The lowest BCUT2D eigenvalue weighted by Gasteiger charge is -2.09. The van der Waals surface area contributed by atoms with Crippen molar-refractivity contribution in [2.45, 2.75) is 6.92 Å². The minimum absolute atomic E-state index is 0.132. The number of rotatable bonds is 5. The van der Waals surface area contributed by atoms with Crippen molar-refractivity contribution in [2.75, 3.05) is 5.43 Å². The molecule has 150 valence electrons. The number of hydrazine groups is 1. The first-order valence-corrected chi connectivity index (χ1v) is 9.08. The van der Waals surface area contributed by atoms with E-state index in [0.29, 0.717) is 21.9 Å². The molecule has 4 rings (SSSR count). The fraction of sp³-hybridized carbons (Fsp3) is 0.0526. The molecule has 1 amide bonds. The molecule has 0 radical (unpaired) electrons. The molecule has 2 N–H and O–H groups in total. The summed E-state index contributed by atoms with van der Waals surface area (Å²) in [5.74, 6) is -0.228. The maximum atomic E-state index is 12.4. The van der Waals surface area contributed by atoms with Gasteiger partial charge in [0.1, 0.15) is 6.33 Å². The summed E-state index contributed by atoms with van der Waals surface area (Å²) in [5.41, 5.74) is 7.40. The molecule has 10 nitrogen and oxygen atoms in total. The molecule has 0 aliphatic carbocycles. The van der Waals surface area contributed by atoms with Gasteiger partial charge in [0.15, 0.2) is 11.5 Å². The number of carbonyl (C=O) groups excluding carboxylic acids is 1. The number of hydrogen-bond acceptors (Lipinski definition) is 7. The fourth-order valence-electron chi connectivity index (χ4n) is 2.88. The second-order valence-corrected chi connectivity index (χ2v) is 6.77. The van der Waals surface area contributed by atoms with E-state index in [1.54, 1.807) is 23.0 Å². The van der Waals surface area contributed by atoms with Crippen LogP contribution in [0.4, 0.5) is 11.5 Å². The van der Waals surface area contributed by atoms with Crippen LogP contribution in [-0.2, 0) is 0 Å². The van der Waals surface area contributed by atoms with Gasteiger partial charge in [-0.2, -0.15) is 5.10 Å². The van der Waals surface area contributed by atoms with Crippen LogP contribution in [0.2, 0.25) is 5.02 Å². The van der Waals surface area contributed by atoms with Gasteiger partial charge in [0.05, 0.1) is 22.2 Å². The van der Waals surface area contributed by atoms with E-state index in [-0.39, 0.29) is 11.3 Å². The van der Waals surface area contributed by atoms with Gasteiger partial charge in [-0.1, -0.05) is 23.7 Å². The van der Waals surface area contributed by atoms with E-state index >= 15 is 0 Å². The number of benzene rings is 2. The molecule has 2 aromatic heterocycles. The third-order valence-electron chi connectivity index (χ3n) is 4.38. The molecule has 0 spiro atoms. The molecular formula is C19H14ClN7O3. The number of anilines is 1. The highest BCUT2D eigenvalue weighted by Gasteiger charge is 2.15. The Hall–Kier alpha value is -4.05. The Labute approximate surface area is 174 Å². The quantitative estimate of drug-likeness (QED) is 0.371. The van der Waals surface area contributed by atoms with Gasteiger partial charge in [-0.05, 0) is 30.7 Å². The first kappa shape index (κ1) is 19.3. The number of nitro groups is 1. The second-order valence-electron chi connectivity index (χ2n) is 6.33. The number of fused-ring (bicyclic) bond motifs is 1. The van der Waals surface area contributed by atoms with Gasteiger partial charge in [-0.25, -0.2) is 14.6 Å². The molecule has 30 heavy (non-hydrogen) atoms. The number of hydrogen-bond donors (Lipinski definition) is 2. The van der Waals surface area contributed by atoms with Crippen LogP contribution in [-0.4, -0.2) is 30.6 Å². The Morgan fingerprint density at radius 3 is 2.83 bits per heavy atom. The summed E-state index contributed by atoms with van der Waals surface area (Å²) in [6, 6.07) is 10.9. The number of amides is 1. The lowest BCUT2D eigenvalue weighted by molar-refractivity contribution is -0.384. The minimum atomic E-state index is -0.565. The van der Waals surface area contributed by atoms with Crippen molar-refractivity contribution in [1.82, 2.24) is 25.2 Å². The molecule has 0 aliphatic heterocycles. The van der Waals surface area contributed by atoms with Crippen LogP contribution in [0.15, 0.2) is 55.0 Å². The Bertz CT molecular complexity index is 1290. The van der Waals surface area contributed by atoms with E-state index in [0.717, 1.165) is 11.3 Å². The molecule has 0 bridgehead atoms. The monoisotopic (exact) mass is 423 g/mol. The molecule has 0 aliphatic rings. The van der Waals surface area contributed by atoms with Gasteiger partial charge in [-0.15, -0.1) is 0 Å². The molecule has 2 heterocycles. The number of aromatic nitrogens is 4. The maximum absolute atomic E-state index is 12.4. The number of nitrogens with one attached hydrogen (secondary N) is 2. The molecule has 0 fully saturated rings. The lowest BCUT2D eigenvalue weighted by Crippen LogP contribution is -2.29. The van der Waals surface area contributed by atoms with Gasteiger partial charge < -0.3 is 0 Å². The van der Waals surface area contributed by atoms with E-state index < -0.39 is 10.8 Å². The van der Waals surface area contributed by atoms with Crippen molar-refractivity contribution in [1.29, 1.82) is 0 Å². The van der Waals surface area contributed by atoms with E-state index in [1.807, 2.05) is 13.0 Å². The normalized spacial score (nSPS) is 10.7. The van der Waals surface area contributed by atoms with Gasteiger partial charge in [-0.3, -0.25) is 25.8 Å². The summed E-state index contributed by atoms with van der Waals surface area (Å²) in [5, 5.41) is 16.4. The van der Waals surface area contributed by atoms with Crippen LogP contribution in [0.25, 0.3) is 16.7 Å². The van der Waals surface area contributed by atoms with E-state index in [2.05, 4.69) is 25.9 Å². The number of aryl methyl sites for hydroxylation is 1. The predicted octanol–water partition coefficient (Wildman–Crippen LogP) is 3.44. The molecule has 0 saturated heterocycles. The average molecular weight is 424 g/mol. The van der Waals surface area contributed by atoms with Crippen molar-refractivity contribution in [3.05, 3.63) is 81.3 Å². The largest absolute Gasteiger partial charge is 0.281 e. The van der Waals surface area contributed by atoms with Gasteiger partial charge >= 0.3 is 0 Å². The zero-order chi connectivity index (χ0) is 21.3. The van der Waals surface area contributed by atoms with E-state index in [4.69, 9.17) is 11.6 Å². The Kier molecular flexibility index (Phi) is 4.98. The fourth-order valence-corrected chi connectivity index (χ4v) is 3.05. The smallest absolute Gasteiger partial charge is 0.270 e. The number of halogens is 1. The Morgan fingerprint density at radius 1 is 1.20 bits per heavy atom. The van der Waals surface area contributed by atoms with Crippen molar-refractivity contribution in [2.24, 2.45) is 0 Å². The van der Waals surface area contributed by atoms with Crippen LogP contribution in [0.5, 0.6) is 0 Å². The molecule has 0 atom stereocenters. The zero-order valence-corrected chi connectivity index (χ0v) is 16.3. The standard InChI is InChI=1S/C19H14ClN7O3/c1-11-5-6-13(20)8-16(11)26-18-15(9-23-26)17(21-10-22-18)24-25-19(28)12-3-2-4-14(7-12)27(29)30/h2-10H,1H3,(H,25,28)(H,21,22,24). The average Bonchev–Trinajstić information content (AvgIpc) is 3.18. The van der Waals surface area contributed by atoms with Crippen molar-refractivity contribution < 1.29 is 9.72 Å². The van der Waals surface area contributed by atoms with E-state index in [9.17, 15) is 14.9 Å². The summed E-state index contributed by atoms with van der Waals surface area (Å²) >= 11 is 6.11. The van der Waals surface area contributed by atoms with Gasteiger partial charge in [0.2, 0.25) is 0 Å². The third-order valence-corrected chi connectivity index (χ3v) is 4.61. The highest BCUT2D eigenvalue weighted by molar-refractivity contribution is 6.30. The molecule has 2 aromatic carbocycles. The molecule has 0 unspecified atom stereocenters. The van der Waals surface area contributed by atoms with E-state index in [1.165, 1.54) is 30.6 Å². The molecule has 11 heteroatoms. The Balaban J connectivity index is 1.61. The lowest BCUT2D eigenvalue weighted by atomic mass is 10.2. The SMILES string of the molecule is Cc1ccc(Cl)cc1-n1ncc2c(NNC(=O)c3cccc([N+](=O)[O-])c3)ncnc21. The summed E-state index contributed by atoms with van der Waals surface area (Å²) in [7, 11) is 0. The highest BCUT2D eigenvalue weighted by atomic mass is 35.5. The molecule has 4 aromatic rings. The summed E-state index contributed by atoms with van der Waals surface area (Å²) in [6.07, 6.45) is 2.90. The topological polar surface area (TPSA) is 128 Å². The van der Waals surface area contributed by atoms with Crippen molar-refractivity contribution in [3.8, 4) is 5.69 Å². The molecular weight excluding hydrogens is 410 g/mol. The van der Waals surface area contributed by atoms with Gasteiger partial charge in [0.25, 0.3) is 11.6 Å². The number of carbonyl (C=O) groups is 1. The first-order valence-electron chi connectivity index (χ1n) is 8.70. The summed E-state index contributed by atoms with van der Waals surface area (Å²) in [6.45, 7) is 1.93. The van der Waals surface area contributed by atoms with Crippen molar-refractivity contribution in [3.63, 3.8) is 0 Å². The summed E-state index contributed by atoms with van der Waals surface area (Å²) in [4.78, 5) is 31.1. The number of nitro benzene ring substituents is 1. The van der Waals surface area contributed by atoms with Crippen LogP contribution < -0.4 is 10.9 Å².